The van der Waals surface area contributed by atoms with Crippen LogP contribution >= 0.6 is 15.9 Å². The van der Waals surface area contributed by atoms with Crippen molar-refractivity contribution in [3.05, 3.63) is 70.3 Å². The first-order chi connectivity index (χ1) is 13.3. The molecule has 3 aromatic rings. The number of benzene rings is 2. The lowest BCUT2D eigenvalue weighted by Gasteiger charge is -2.14. The van der Waals surface area contributed by atoms with Crippen LogP contribution in [0, 0.1) is 0 Å². The van der Waals surface area contributed by atoms with Gasteiger partial charge in [0.05, 0.1) is 24.9 Å². The molecule has 0 bridgehead atoms. The number of halogens is 1. The average molecular weight is 442 g/mol. The van der Waals surface area contributed by atoms with E-state index in [1.807, 2.05) is 54.6 Å². The van der Waals surface area contributed by atoms with Crippen LogP contribution in [0.2, 0.25) is 0 Å². The molecule has 1 heterocycles. The summed E-state index contributed by atoms with van der Waals surface area (Å²) in [7, 11) is 1.62. The van der Waals surface area contributed by atoms with Crippen LogP contribution in [0.4, 0.5) is 5.82 Å². The predicted molar refractivity (Wildman–Crippen MR) is 115 cm³/mol. The van der Waals surface area contributed by atoms with Crippen LogP contribution in [0.25, 0.3) is 5.69 Å². The first kappa shape index (κ1) is 20.1. The molecule has 3 rings (SSSR count). The second kappa shape index (κ2) is 8.19. The number of methoxy groups -OCH3 is 1. The van der Waals surface area contributed by atoms with Crippen molar-refractivity contribution in [3.8, 4) is 11.4 Å². The third-order valence-electron chi connectivity index (χ3n) is 4.34. The summed E-state index contributed by atoms with van der Waals surface area (Å²) in [6.45, 7) is 6.30. The molecule has 1 amide bonds. The zero-order valence-electron chi connectivity index (χ0n) is 16.5. The van der Waals surface area contributed by atoms with Crippen LogP contribution in [0.5, 0.6) is 5.75 Å². The number of carbonyl (C=O) groups excluding carboxylic acids is 1. The summed E-state index contributed by atoms with van der Waals surface area (Å²) in [5.74, 6) is 1.34. The molecule has 0 aliphatic heterocycles. The lowest BCUT2D eigenvalue weighted by atomic mass is 9.92. The number of hydrogen-bond acceptors (Lipinski definition) is 3. The van der Waals surface area contributed by atoms with Gasteiger partial charge in [-0.1, -0.05) is 48.8 Å². The van der Waals surface area contributed by atoms with Crippen LogP contribution < -0.4 is 10.1 Å². The molecule has 0 saturated heterocycles. The van der Waals surface area contributed by atoms with E-state index in [9.17, 15) is 4.79 Å². The normalized spacial score (nSPS) is 11.3. The van der Waals surface area contributed by atoms with E-state index in [0.717, 1.165) is 27.2 Å². The van der Waals surface area contributed by atoms with E-state index in [-0.39, 0.29) is 17.7 Å². The van der Waals surface area contributed by atoms with Crippen LogP contribution in [0.1, 0.15) is 32.0 Å². The molecule has 2 aromatic carbocycles. The Balaban J connectivity index is 1.85. The Labute approximate surface area is 173 Å². The maximum Gasteiger partial charge on any atom is 0.229 e. The van der Waals surface area contributed by atoms with Crippen molar-refractivity contribution < 1.29 is 9.53 Å². The monoisotopic (exact) mass is 441 g/mol. The average Bonchev–Trinajstić information content (AvgIpc) is 3.07. The molecular formula is C22H24BrN3O2. The fourth-order valence-electron chi connectivity index (χ4n) is 2.73. The van der Waals surface area contributed by atoms with E-state index < -0.39 is 0 Å². The highest BCUT2D eigenvalue weighted by Crippen LogP contribution is 2.27. The number of aromatic nitrogens is 2. The minimum Gasteiger partial charge on any atom is -0.497 e. The molecule has 6 heteroatoms. The van der Waals surface area contributed by atoms with E-state index in [1.165, 1.54) is 0 Å². The summed E-state index contributed by atoms with van der Waals surface area (Å²) >= 11 is 3.45. The molecular weight excluding hydrogens is 418 g/mol. The summed E-state index contributed by atoms with van der Waals surface area (Å²) in [4.78, 5) is 12.6. The highest BCUT2D eigenvalue weighted by molar-refractivity contribution is 9.10. The van der Waals surface area contributed by atoms with Gasteiger partial charge in [0.15, 0.2) is 0 Å². The molecule has 0 saturated carbocycles. The SMILES string of the molecule is COc1ccc(CC(=O)Nc2cc(C(C)(C)C)nn2-c2ccc(Br)cc2)cc1. The molecule has 0 aliphatic rings. The fourth-order valence-corrected chi connectivity index (χ4v) is 3.00. The minimum atomic E-state index is -0.129. The van der Waals surface area contributed by atoms with Crippen LogP contribution in [-0.2, 0) is 16.6 Å². The summed E-state index contributed by atoms with van der Waals surface area (Å²) in [6, 6.07) is 17.3. The molecule has 5 nitrogen and oxygen atoms in total. The van der Waals surface area contributed by atoms with Crippen molar-refractivity contribution in [1.29, 1.82) is 0 Å². The lowest BCUT2D eigenvalue weighted by molar-refractivity contribution is -0.115. The topological polar surface area (TPSA) is 56.1 Å². The van der Waals surface area contributed by atoms with E-state index in [0.29, 0.717) is 5.82 Å². The largest absolute Gasteiger partial charge is 0.497 e. The molecule has 0 aliphatic carbocycles. The second-order valence-electron chi connectivity index (χ2n) is 7.63. The summed E-state index contributed by atoms with van der Waals surface area (Å²) in [6.07, 6.45) is 0.278. The van der Waals surface area contributed by atoms with Gasteiger partial charge in [-0.05, 0) is 42.0 Å². The van der Waals surface area contributed by atoms with Crippen LogP contribution in [0.3, 0.4) is 0 Å². The number of amides is 1. The smallest absolute Gasteiger partial charge is 0.229 e. The molecule has 146 valence electrons. The summed E-state index contributed by atoms with van der Waals surface area (Å²) in [5, 5.41) is 7.75. The fraction of sp³-hybridized carbons (Fsp3) is 0.273. The van der Waals surface area contributed by atoms with Gasteiger partial charge in [-0.2, -0.15) is 5.10 Å². The van der Waals surface area contributed by atoms with Crippen LogP contribution in [-0.4, -0.2) is 22.8 Å². The Bertz CT molecular complexity index is 955. The summed E-state index contributed by atoms with van der Waals surface area (Å²) in [5.41, 5.74) is 2.59. The van der Waals surface area contributed by atoms with Crippen molar-refractivity contribution in [2.24, 2.45) is 0 Å². The number of carbonyl (C=O) groups is 1. The molecule has 1 N–H and O–H groups in total. The van der Waals surface area contributed by atoms with Gasteiger partial charge in [0.2, 0.25) is 5.91 Å². The van der Waals surface area contributed by atoms with Gasteiger partial charge in [0, 0.05) is 16.0 Å². The number of nitrogens with one attached hydrogen (secondary N) is 1. The van der Waals surface area contributed by atoms with Crippen LogP contribution in [0.15, 0.2) is 59.1 Å². The maximum atomic E-state index is 12.6. The van der Waals surface area contributed by atoms with E-state index >= 15 is 0 Å². The zero-order valence-corrected chi connectivity index (χ0v) is 18.1. The van der Waals surface area contributed by atoms with Gasteiger partial charge < -0.3 is 10.1 Å². The van der Waals surface area contributed by atoms with Crippen molar-refractivity contribution in [2.45, 2.75) is 32.6 Å². The third-order valence-corrected chi connectivity index (χ3v) is 4.87. The quantitative estimate of drug-likeness (QED) is 0.597. The number of anilines is 1. The van der Waals surface area contributed by atoms with Gasteiger partial charge in [0.25, 0.3) is 0 Å². The Morgan fingerprint density at radius 3 is 2.32 bits per heavy atom. The Morgan fingerprint density at radius 1 is 1.11 bits per heavy atom. The Hall–Kier alpha value is -2.60. The molecule has 0 atom stereocenters. The number of ether oxygens (including phenoxy) is 1. The molecule has 1 aromatic heterocycles. The lowest BCUT2D eigenvalue weighted by Crippen LogP contribution is -2.17. The molecule has 0 unspecified atom stereocenters. The molecule has 28 heavy (non-hydrogen) atoms. The van der Waals surface area contributed by atoms with E-state index in [1.54, 1.807) is 11.8 Å². The van der Waals surface area contributed by atoms with E-state index in [4.69, 9.17) is 9.84 Å². The Kier molecular flexibility index (Phi) is 5.89. The summed E-state index contributed by atoms with van der Waals surface area (Å²) < 4.78 is 7.93. The van der Waals surface area contributed by atoms with Crippen molar-refractivity contribution in [3.63, 3.8) is 0 Å². The number of hydrogen-bond donors (Lipinski definition) is 1. The first-order valence-electron chi connectivity index (χ1n) is 9.05. The van der Waals surface area contributed by atoms with Gasteiger partial charge in [0.1, 0.15) is 11.6 Å². The molecule has 0 fully saturated rings. The zero-order chi connectivity index (χ0) is 20.3. The first-order valence-corrected chi connectivity index (χ1v) is 9.85. The maximum absolute atomic E-state index is 12.6. The number of nitrogens with zero attached hydrogens (tertiary/aromatic N) is 2. The highest BCUT2D eigenvalue weighted by Gasteiger charge is 2.21. The van der Waals surface area contributed by atoms with Crippen molar-refractivity contribution >= 4 is 27.7 Å². The number of rotatable bonds is 5. The van der Waals surface area contributed by atoms with Gasteiger partial charge in [-0.15, -0.1) is 0 Å². The minimum absolute atomic E-state index is 0.0936. The standard InChI is InChI=1S/C22H24BrN3O2/c1-22(2,3)19-14-20(26(25-19)17-9-7-16(23)8-10-17)24-21(27)13-15-5-11-18(28-4)12-6-15/h5-12,14H,13H2,1-4H3,(H,24,27). The van der Waals surface area contributed by atoms with E-state index in [2.05, 4.69) is 42.0 Å². The van der Waals surface area contributed by atoms with Gasteiger partial charge in [-0.3, -0.25) is 4.79 Å². The van der Waals surface area contributed by atoms with Gasteiger partial charge >= 0.3 is 0 Å². The van der Waals surface area contributed by atoms with Gasteiger partial charge in [-0.25, -0.2) is 4.68 Å². The highest BCUT2D eigenvalue weighted by atomic mass is 79.9. The van der Waals surface area contributed by atoms with Crippen molar-refractivity contribution in [2.75, 3.05) is 12.4 Å². The Morgan fingerprint density at radius 2 is 1.75 bits per heavy atom. The third kappa shape index (κ3) is 4.81. The van der Waals surface area contributed by atoms with Crippen molar-refractivity contribution in [1.82, 2.24) is 9.78 Å². The predicted octanol–water partition coefficient (Wildman–Crippen LogP) is 5.12. The molecule has 0 radical (unpaired) electrons. The second-order valence-corrected chi connectivity index (χ2v) is 8.54. The molecule has 0 spiro atoms.